The fourth-order valence-electron chi connectivity index (χ4n) is 0.999. The van der Waals surface area contributed by atoms with E-state index in [4.69, 9.17) is 0 Å². The van der Waals surface area contributed by atoms with Crippen molar-refractivity contribution in [2.75, 3.05) is 0 Å². The molecule has 0 amide bonds. The molecule has 82 valence electrons. The highest BCUT2D eigenvalue weighted by Gasteiger charge is 1.93. The Kier molecular flexibility index (Phi) is 7.06. The van der Waals surface area contributed by atoms with Crippen molar-refractivity contribution in [2.45, 2.75) is 34.6 Å². The topological polar surface area (TPSA) is 38.7 Å². The van der Waals surface area contributed by atoms with Gasteiger partial charge in [-0.05, 0) is 24.6 Å². The van der Waals surface area contributed by atoms with Crippen molar-refractivity contribution in [2.24, 2.45) is 0 Å². The lowest BCUT2D eigenvalue weighted by Crippen LogP contribution is -1.86. The van der Waals surface area contributed by atoms with E-state index >= 15 is 0 Å². The molecule has 0 aliphatic heterocycles. The lowest BCUT2D eigenvalue weighted by Gasteiger charge is -1.94. The summed E-state index contributed by atoms with van der Waals surface area (Å²) in [5.74, 6) is 0. The zero-order chi connectivity index (χ0) is 11.7. The monoisotopic (exact) mass is 205 g/mol. The highest BCUT2D eigenvalue weighted by atomic mass is 15.1. The minimum Gasteiger partial charge on any atom is -0.233 e. The van der Waals surface area contributed by atoms with Gasteiger partial charge < -0.3 is 0 Å². The molecule has 0 bridgehead atoms. The van der Waals surface area contributed by atoms with E-state index < -0.39 is 0 Å². The van der Waals surface area contributed by atoms with Crippen molar-refractivity contribution in [3.05, 3.63) is 30.1 Å². The van der Waals surface area contributed by atoms with Gasteiger partial charge in [0.25, 0.3) is 0 Å². The average molecular weight is 205 g/mol. The summed E-state index contributed by atoms with van der Waals surface area (Å²) in [5.41, 5.74) is 2.93. The normalized spacial score (nSPS) is 8.33. The lowest BCUT2D eigenvalue weighted by atomic mass is 10.2. The Balaban J connectivity index is 0.000000442. The summed E-state index contributed by atoms with van der Waals surface area (Å²) in [5, 5.41) is 7.62. The third-order valence-electron chi connectivity index (χ3n) is 1.54. The molecule has 1 heterocycles. The molecule has 2 aromatic rings. The summed E-state index contributed by atoms with van der Waals surface area (Å²) in [6.07, 6.45) is 1.46. The van der Waals surface area contributed by atoms with Crippen LogP contribution in [0.1, 0.15) is 33.3 Å². The van der Waals surface area contributed by atoms with Crippen LogP contribution >= 0.6 is 0 Å². The van der Waals surface area contributed by atoms with Gasteiger partial charge in [0.15, 0.2) is 0 Å². The van der Waals surface area contributed by atoms with Crippen LogP contribution in [0, 0.1) is 6.92 Å². The summed E-state index contributed by atoms with van der Waals surface area (Å²) in [6.45, 7) is 10.0. The van der Waals surface area contributed by atoms with Crippen molar-refractivity contribution < 1.29 is 0 Å². The summed E-state index contributed by atoms with van der Waals surface area (Å²) in [4.78, 5) is 4.05. The Morgan fingerprint density at radius 3 is 2.27 bits per heavy atom. The largest absolute Gasteiger partial charge is 0.233 e. The number of hydrogen-bond donors (Lipinski definition) is 0. The van der Waals surface area contributed by atoms with Crippen LogP contribution in [-0.4, -0.2) is 15.2 Å². The maximum Gasteiger partial charge on any atom is 0.138 e. The molecule has 0 unspecified atom stereocenters. The molecule has 0 saturated carbocycles. The molecule has 0 radical (unpaired) electrons. The molecule has 1 aromatic heterocycles. The van der Waals surface area contributed by atoms with Gasteiger partial charge in [0.2, 0.25) is 0 Å². The molecule has 0 N–H and O–H groups in total. The number of aromatic nitrogens is 3. The predicted molar refractivity (Wildman–Crippen MR) is 64.8 cm³/mol. The number of rotatable bonds is 0. The van der Waals surface area contributed by atoms with Crippen molar-refractivity contribution >= 4 is 11.0 Å². The van der Waals surface area contributed by atoms with E-state index in [0.717, 1.165) is 11.0 Å². The molecule has 3 heteroatoms. The summed E-state index contributed by atoms with van der Waals surface area (Å²) < 4.78 is 0. The van der Waals surface area contributed by atoms with Crippen molar-refractivity contribution in [3.63, 3.8) is 0 Å². The van der Waals surface area contributed by atoms with E-state index in [1.54, 1.807) is 0 Å². The van der Waals surface area contributed by atoms with Crippen molar-refractivity contribution in [1.29, 1.82) is 0 Å². The first-order valence-corrected chi connectivity index (χ1v) is 5.40. The summed E-state index contributed by atoms with van der Waals surface area (Å²) in [7, 11) is 0. The van der Waals surface area contributed by atoms with Gasteiger partial charge in [-0.1, -0.05) is 33.8 Å². The number of hydrogen-bond acceptors (Lipinski definition) is 3. The van der Waals surface area contributed by atoms with Crippen molar-refractivity contribution in [1.82, 2.24) is 15.2 Å². The summed E-state index contributed by atoms with van der Waals surface area (Å²) in [6, 6.07) is 5.92. The average Bonchev–Trinajstić information content (AvgIpc) is 2.34. The highest BCUT2D eigenvalue weighted by Crippen LogP contribution is 2.08. The first-order chi connectivity index (χ1) is 7.36. The van der Waals surface area contributed by atoms with Gasteiger partial charge in [-0.25, -0.2) is 4.98 Å². The molecular formula is C12H19N3. The maximum absolute atomic E-state index is 4.05. The third kappa shape index (κ3) is 4.02. The van der Waals surface area contributed by atoms with Crippen LogP contribution < -0.4 is 0 Å². The van der Waals surface area contributed by atoms with Crippen LogP contribution in [0.25, 0.3) is 11.0 Å². The fourth-order valence-corrected chi connectivity index (χ4v) is 0.999. The zero-order valence-corrected chi connectivity index (χ0v) is 10.2. The number of aryl methyl sites for hydroxylation is 1. The van der Waals surface area contributed by atoms with Gasteiger partial charge in [0, 0.05) is 0 Å². The number of nitrogens with zero attached hydrogens (tertiary/aromatic N) is 3. The molecular weight excluding hydrogens is 186 g/mol. The van der Waals surface area contributed by atoms with E-state index in [9.17, 15) is 0 Å². The Hall–Kier alpha value is -1.51. The van der Waals surface area contributed by atoms with Crippen LogP contribution in [0.3, 0.4) is 0 Å². The first kappa shape index (κ1) is 13.5. The van der Waals surface area contributed by atoms with Gasteiger partial charge in [0.1, 0.15) is 11.8 Å². The second-order valence-electron chi connectivity index (χ2n) is 2.45. The van der Waals surface area contributed by atoms with E-state index in [-0.39, 0.29) is 0 Å². The number of benzene rings is 1. The molecule has 0 saturated heterocycles. The van der Waals surface area contributed by atoms with Crippen LogP contribution in [-0.2, 0) is 0 Å². The Morgan fingerprint density at radius 1 is 0.933 bits per heavy atom. The van der Waals surface area contributed by atoms with Crippen LogP contribution in [0.15, 0.2) is 24.5 Å². The van der Waals surface area contributed by atoms with E-state index in [1.165, 1.54) is 11.9 Å². The van der Waals surface area contributed by atoms with E-state index in [1.807, 2.05) is 52.8 Å². The van der Waals surface area contributed by atoms with Crippen LogP contribution in [0.5, 0.6) is 0 Å². The SMILES string of the molecule is CC.CC.Cc1ccc2ncnnc2c1. The van der Waals surface area contributed by atoms with Gasteiger partial charge in [-0.15, -0.1) is 10.2 Å². The van der Waals surface area contributed by atoms with Gasteiger partial charge >= 0.3 is 0 Å². The van der Waals surface area contributed by atoms with Gasteiger partial charge in [0.05, 0.1) is 5.52 Å². The molecule has 2 rings (SSSR count). The molecule has 0 fully saturated rings. The quantitative estimate of drug-likeness (QED) is 0.661. The molecule has 0 spiro atoms. The van der Waals surface area contributed by atoms with E-state index in [2.05, 4.69) is 15.2 Å². The molecule has 0 atom stereocenters. The van der Waals surface area contributed by atoms with E-state index in [0.29, 0.717) is 0 Å². The molecule has 3 nitrogen and oxygen atoms in total. The zero-order valence-electron chi connectivity index (χ0n) is 10.2. The second kappa shape index (κ2) is 7.85. The van der Waals surface area contributed by atoms with Crippen LogP contribution in [0.4, 0.5) is 0 Å². The minimum absolute atomic E-state index is 0.854. The Labute approximate surface area is 91.6 Å². The molecule has 0 aliphatic rings. The van der Waals surface area contributed by atoms with Crippen LogP contribution in [0.2, 0.25) is 0 Å². The van der Waals surface area contributed by atoms with Gasteiger partial charge in [-0.3, -0.25) is 0 Å². The predicted octanol–water partition coefficient (Wildman–Crippen LogP) is 3.39. The molecule has 0 aliphatic carbocycles. The lowest BCUT2D eigenvalue weighted by molar-refractivity contribution is 1.02. The van der Waals surface area contributed by atoms with Gasteiger partial charge in [-0.2, -0.15) is 0 Å². The standard InChI is InChI=1S/C8H7N3.2C2H6/c1-6-2-3-7-8(4-6)11-10-5-9-7;2*1-2/h2-5H,1H3;2*1-2H3. The second-order valence-corrected chi connectivity index (χ2v) is 2.45. The number of fused-ring (bicyclic) bond motifs is 1. The first-order valence-electron chi connectivity index (χ1n) is 5.40. The minimum atomic E-state index is 0.854. The molecule has 15 heavy (non-hydrogen) atoms. The summed E-state index contributed by atoms with van der Waals surface area (Å²) >= 11 is 0. The smallest absolute Gasteiger partial charge is 0.138 e. The Morgan fingerprint density at radius 2 is 1.60 bits per heavy atom. The van der Waals surface area contributed by atoms with Crippen molar-refractivity contribution in [3.8, 4) is 0 Å². The Bertz CT molecular complexity index is 385. The highest BCUT2D eigenvalue weighted by molar-refractivity contribution is 5.73. The fraction of sp³-hybridized carbons (Fsp3) is 0.417. The molecule has 1 aromatic carbocycles. The third-order valence-corrected chi connectivity index (χ3v) is 1.54. The maximum atomic E-state index is 4.05.